The average Bonchev–Trinajstić information content (AvgIpc) is 2.88. The molecule has 2 N–H and O–H groups in total. The van der Waals surface area contributed by atoms with Crippen LogP contribution in [0.15, 0.2) is 21.5 Å². The lowest BCUT2D eigenvalue weighted by Crippen LogP contribution is -2.33. The van der Waals surface area contributed by atoms with Gasteiger partial charge in [0.15, 0.2) is 0 Å². The Balaban J connectivity index is 2.26. The minimum Gasteiger partial charge on any atom is -0.392 e. The Morgan fingerprint density at radius 1 is 1.43 bits per heavy atom. The van der Waals surface area contributed by atoms with Crippen LogP contribution in [0.4, 0.5) is 0 Å². The second-order valence-electron chi connectivity index (χ2n) is 5.35. The van der Waals surface area contributed by atoms with E-state index in [1.165, 1.54) is 0 Å². The van der Waals surface area contributed by atoms with Crippen LogP contribution in [0, 0.1) is 6.92 Å². The van der Waals surface area contributed by atoms with Crippen molar-refractivity contribution in [2.45, 2.75) is 49.0 Å². The quantitative estimate of drug-likeness (QED) is 0.806. The lowest BCUT2D eigenvalue weighted by molar-refractivity contribution is 0.281. The average molecular weight is 394 g/mol. The summed E-state index contributed by atoms with van der Waals surface area (Å²) < 4.78 is 28.7. The lowest BCUT2D eigenvalue weighted by Gasteiger charge is -2.16. The highest BCUT2D eigenvalue weighted by Gasteiger charge is 2.29. The van der Waals surface area contributed by atoms with Gasteiger partial charge >= 0.3 is 0 Å². The molecule has 118 valence electrons. The van der Waals surface area contributed by atoms with E-state index in [4.69, 9.17) is 0 Å². The summed E-state index contributed by atoms with van der Waals surface area (Å²) in [5.41, 5.74) is 1.25. The Bertz CT molecular complexity index is 619. The fourth-order valence-electron chi connectivity index (χ4n) is 2.62. The fourth-order valence-corrected chi connectivity index (χ4v) is 5.66. The van der Waals surface area contributed by atoms with Gasteiger partial charge < -0.3 is 5.11 Å². The standard InChI is InChI=1S/C14H20BrNO3S2/c1-9-13(15)5-10(8-17)6-14(9)21(18,19)16-11-3-4-12(7-11)20-2/h5-6,11-12,16-17H,3-4,7-8H2,1-2H3. The molecule has 2 unspecified atom stereocenters. The molecule has 2 atom stereocenters. The van der Waals surface area contributed by atoms with Gasteiger partial charge in [-0.05, 0) is 55.7 Å². The van der Waals surface area contributed by atoms with Gasteiger partial charge in [-0.1, -0.05) is 15.9 Å². The van der Waals surface area contributed by atoms with E-state index < -0.39 is 10.0 Å². The third-order valence-electron chi connectivity index (χ3n) is 3.87. The highest BCUT2D eigenvalue weighted by atomic mass is 79.9. The van der Waals surface area contributed by atoms with E-state index in [1.807, 2.05) is 0 Å². The first-order valence-electron chi connectivity index (χ1n) is 6.82. The van der Waals surface area contributed by atoms with Gasteiger partial charge in [0.2, 0.25) is 10.0 Å². The number of hydrogen-bond donors (Lipinski definition) is 2. The summed E-state index contributed by atoms with van der Waals surface area (Å²) >= 11 is 5.15. The van der Waals surface area contributed by atoms with Crippen molar-refractivity contribution < 1.29 is 13.5 Å². The third-order valence-corrected chi connectivity index (χ3v) is 7.43. The van der Waals surface area contributed by atoms with Crippen molar-refractivity contribution in [3.8, 4) is 0 Å². The van der Waals surface area contributed by atoms with Crippen molar-refractivity contribution in [2.75, 3.05) is 6.26 Å². The molecule has 0 bridgehead atoms. The molecule has 7 heteroatoms. The van der Waals surface area contributed by atoms with E-state index >= 15 is 0 Å². The topological polar surface area (TPSA) is 66.4 Å². The molecule has 0 saturated heterocycles. The number of nitrogens with one attached hydrogen (secondary N) is 1. The van der Waals surface area contributed by atoms with Crippen LogP contribution in [-0.2, 0) is 16.6 Å². The fraction of sp³-hybridized carbons (Fsp3) is 0.571. The molecular formula is C14H20BrNO3S2. The molecule has 2 rings (SSSR count). The second-order valence-corrected chi connectivity index (χ2v) is 9.02. The maximum atomic E-state index is 12.6. The van der Waals surface area contributed by atoms with E-state index in [1.54, 1.807) is 30.8 Å². The zero-order valence-corrected chi connectivity index (χ0v) is 15.3. The molecule has 4 nitrogen and oxygen atoms in total. The van der Waals surface area contributed by atoms with Crippen molar-refractivity contribution in [2.24, 2.45) is 0 Å². The van der Waals surface area contributed by atoms with Crippen LogP contribution in [-0.4, -0.2) is 31.1 Å². The molecular weight excluding hydrogens is 374 g/mol. The number of aliphatic hydroxyl groups is 1. The van der Waals surface area contributed by atoms with Crippen molar-refractivity contribution in [3.05, 3.63) is 27.7 Å². The van der Waals surface area contributed by atoms with Crippen LogP contribution < -0.4 is 4.72 Å². The van der Waals surface area contributed by atoms with Gasteiger partial charge in [-0.15, -0.1) is 0 Å². The van der Waals surface area contributed by atoms with Gasteiger partial charge in [0.1, 0.15) is 0 Å². The van der Waals surface area contributed by atoms with Crippen LogP contribution in [0.5, 0.6) is 0 Å². The third kappa shape index (κ3) is 4.01. The summed E-state index contributed by atoms with van der Waals surface area (Å²) in [7, 11) is -3.56. The normalized spacial score (nSPS) is 22.7. The van der Waals surface area contributed by atoms with Crippen molar-refractivity contribution in [1.82, 2.24) is 4.72 Å². The first kappa shape index (κ1) is 17.3. The van der Waals surface area contributed by atoms with Crippen LogP contribution >= 0.6 is 27.7 Å². The van der Waals surface area contributed by atoms with Crippen molar-refractivity contribution in [3.63, 3.8) is 0 Å². The smallest absolute Gasteiger partial charge is 0.241 e. The van der Waals surface area contributed by atoms with Crippen LogP contribution in [0.25, 0.3) is 0 Å². The minimum atomic E-state index is -3.56. The molecule has 1 aromatic rings. The van der Waals surface area contributed by atoms with Gasteiger partial charge in [0.25, 0.3) is 0 Å². The molecule has 0 aliphatic heterocycles. The van der Waals surface area contributed by atoms with Crippen LogP contribution in [0.1, 0.15) is 30.4 Å². The Morgan fingerprint density at radius 3 is 2.71 bits per heavy atom. The maximum Gasteiger partial charge on any atom is 0.241 e. The molecule has 0 aromatic heterocycles. The zero-order chi connectivity index (χ0) is 15.6. The number of hydrogen-bond acceptors (Lipinski definition) is 4. The number of halogens is 1. The number of benzene rings is 1. The van der Waals surface area contributed by atoms with E-state index in [-0.39, 0.29) is 17.5 Å². The summed E-state index contributed by atoms with van der Waals surface area (Å²) in [6.07, 6.45) is 4.87. The summed E-state index contributed by atoms with van der Waals surface area (Å²) in [5, 5.41) is 9.79. The lowest BCUT2D eigenvalue weighted by atomic mass is 10.2. The minimum absolute atomic E-state index is 0.00316. The molecule has 1 aliphatic carbocycles. The number of sulfonamides is 1. The summed E-state index contributed by atoms with van der Waals surface area (Å²) in [5.74, 6) is 0. The van der Waals surface area contributed by atoms with E-state index in [9.17, 15) is 13.5 Å². The summed E-state index contributed by atoms with van der Waals surface area (Å²) in [6, 6.07) is 3.29. The first-order valence-corrected chi connectivity index (χ1v) is 10.4. The molecule has 1 aromatic carbocycles. The Kier molecular flexibility index (Phi) is 5.76. The number of aliphatic hydroxyl groups excluding tert-OH is 1. The number of rotatable bonds is 5. The predicted octanol–water partition coefficient (Wildman–Crippen LogP) is 2.81. The summed E-state index contributed by atoms with van der Waals surface area (Å²) in [4.78, 5) is 0.244. The summed E-state index contributed by atoms with van der Waals surface area (Å²) in [6.45, 7) is 1.58. The van der Waals surface area contributed by atoms with E-state index in [0.29, 0.717) is 20.8 Å². The van der Waals surface area contributed by atoms with Crippen LogP contribution in [0.2, 0.25) is 0 Å². The molecule has 0 radical (unpaired) electrons. The molecule has 21 heavy (non-hydrogen) atoms. The van der Waals surface area contributed by atoms with Crippen molar-refractivity contribution >= 4 is 37.7 Å². The Hall–Kier alpha value is -0.0800. The molecule has 1 aliphatic rings. The predicted molar refractivity (Wildman–Crippen MR) is 90.1 cm³/mol. The molecule has 1 fully saturated rings. The highest BCUT2D eigenvalue weighted by molar-refractivity contribution is 9.10. The van der Waals surface area contributed by atoms with Gasteiger partial charge in [0, 0.05) is 15.8 Å². The Labute approximate surface area is 138 Å². The monoisotopic (exact) mass is 393 g/mol. The molecule has 0 amide bonds. The maximum absolute atomic E-state index is 12.6. The van der Waals surface area contributed by atoms with E-state index in [2.05, 4.69) is 26.9 Å². The molecule has 0 heterocycles. The van der Waals surface area contributed by atoms with E-state index in [0.717, 1.165) is 19.3 Å². The SMILES string of the molecule is CSC1CCC(NS(=O)(=O)c2cc(CO)cc(Br)c2C)C1. The number of thioether (sulfide) groups is 1. The van der Waals surface area contributed by atoms with Gasteiger partial charge in [-0.2, -0.15) is 11.8 Å². The molecule has 0 spiro atoms. The highest BCUT2D eigenvalue weighted by Crippen LogP contribution is 2.31. The van der Waals surface area contributed by atoms with Gasteiger partial charge in [-0.3, -0.25) is 0 Å². The van der Waals surface area contributed by atoms with Gasteiger partial charge in [0.05, 0.1) is 11.5 Å². The zero-order valence-electron chi connectivity index (χ0n) is 12.1. The second kappa shape index (κ2) is 7.00. The largest absolute Gasteiger partial charge is 0.392 e. The molecule has 1 saturated carbocycles. The van der Waals surface area contributed by atoms with Gasteiger partial charge in [-0.25, -0.2) is 13.1 Å². The Morgan fingerprint density at radius 2 is 2.14 bits per heavy atom. The van der Waals surface area contributed by atoms with Crippen LogP contribution in [0.3, 0.4) is 0 Å². The first-order chi connectivity index (χ1) is 9.87. The van der Waals surface area contributed by atoms with Crippen molar-refractivity contribution in [1.29, 1.82) is 0 Å².